The number of nitro benzene ring substituents is 2. The van der Waals surface area contributed by atoms with E-state index in [-0.39, 0.29) is 40.8 Å². The number of rotatable bonds is 6. The van der Waals surface area contributed by atoms with Gasteiger partial charge in [0.1, 0.15) is 27.4 Å². The summed E-state index contributed by atoms with van der Waals surface area (Å²) in [4.78, 5) is 24.6. The number of piperidine rings is 1. The number of hydrogen-bond donors (Lipinski definition) is 0. The number of nitrogens with zero attached hydrogens (tertiary/aromatic N) is 4. The molecule has 0 amide bonds. The van der Waals surface area contributed by atoms with Crippen LogP contribution in [0.1, 0.15) is 69.7 Å². The van der Waals surface area contributed by atoms with Gasteiger partial charge in [0.05, 0.1) is 21.9 Å². The average molecular weight is 670 g/mol. The Morgan fingerprint density at radius 1 is 0.711 bits per heavy atom. The van der Waals surface area contributed by atoms with Crippen LogP contribution in [0.15, 0.2) is 36.4 Å². The van der Waals surface area contributed by atoms with Gasteiger partial charge in [0.15, 0.2) is 11.6 Å². The fourth-order valence-electron chi connectivity index (χ4n) is 6.65. The first-order chi connectivity index (χ1) is 21.1. The van der Waals surface area contributed by atoms with Crippen LogP contribution in [-0.4, -0.2) is 22.9 Å². The van der Waals surface area contributed by atoms with E-state index in [0.29, 0.717) is 19.0 Å². The Morgan fingerprint density at radius 2 is 1.13 bits per heavy atom. The number of benzene rings is 3. The predicted octanol–water partition coefficient (Wildman–Crippen LogP) is 9.71. The number of nitro groups is 2. The van der Waals surface area contributed by atoms with Crippen LogP contribution in [0.3, 0.4) is 0 Å². The van der Waals surface area contributed by atoms with E-state index < -0.39 is 66.6 Å². The van der Waals surface area contributed by atoms with Gasteiger partial charge < -0.3 is 9.80 Å². The molecule has 0 saturated carbocycles. The normalized spacial score (nSPS) is 19.3. The second kappa shape index (κ2) is 12.3. The van der Waals surface area contributed by atoms with E-state index in [1.165, 1.54) is 4.90 Å². The van der Waals surface area contributed by atoms with Crippen molar-refractivity contribution in [2.75, 3.05) is 22.9 Å². The molecular weight excluding hydrogens is 639 g/mol. The summed E-state index contributed by atoms with van der Waals surface area (Å²) in [5.74, 6) is -3.24. The summed E-state index contributed by atoms with van der Waals surface area (Å²) in [6.45, 7) is 7.25. The standard InChI is InChI=1S/C31H30Cl2F4N4O4/c1-31(2,3)16-6-8-38(9-7-16)30-24(36)10-17(11-25(30)37)39-26(18-12-28(40(42)43)20(32)14-22(18)34)4-5-27(39)19-13-29(41(44)45)21(33)15-23(19)35/h10-16,26-27H,4-9H2,1-3H3/t26-,27-/m1/s1. The Hall–Kier alpha value is -3.64. The van der Waals surface area contributed by atoms with Gasteiger partial charge in [0.2, 0.25) is 0 Å². The zero-order valence-corrected chi connectivity index (χ0v) is 26.1. The Morgan fingerprint density at radius 3 is 1.51 bits per heavy atom. The summed E-state index contributed by atoms with van der Waals surface area (Å²) in [5, 5.41) is 22.4. The van der Waals surface area contributed by atoms with Gasteiger partial charge in [0, 0.05) is 42.0 Å². The highest BCUT2D eigenvalue weighted by Gasteiger charge is 2.41. The second-order valence-electron chi connectivity index (χ2n) is 12.6. The molecule has 2 fully saturated rings. The molecule has 0 bridgehead atoms. The maximum atomic E-state index is 15.9. The third-order valence-corrected chi connectivity index (χ3v) is 9.57. The number of hydrogen-bond acceptors (Lipinski definition) is 6. The molecule has 3 aromatic carbocycles. The molecule has 0 aromatic heterocycles. The van der Waals surface area contributed by atoms with Crippen LogP contribution >= 0.6 is 23.2 Å². The molecular formula is C31H30Cl2F4N4O4. The topological polar surface area (TPSA) is 92.8 Å². The second-order valence-corrected chi connectivity index (χ2v) is 13.4. The van der Waals surface area contributed by atoms with Crippen molar-refractivity contribution >= 4 is 46.0 Å². The van der Waals surface area contributed by atoms with Crippen molar-refractivity contribution in [2.45, 2.75) is 58.5 Å². The third kappa shape index (κ3) is 6.27. The fraction of sp³-hybridized carbons (Fsp3) is 0.419. The Kier molecular flexibility index (Phi) is 8.93. The number of halogens is 6. The van der Waals surface area contributed by atoms with Gasteiger partial charge in [-0.05, 0) is 61.3 Å². The highest BCUT2D eigenvalue weighted by atomic mass is 35.5. The molecule has 2 atom stereocenters. The molecule has 2 aliphatic rings. The molecule has 3 aromatic rings. The molecule has 0 aliphatic carbocycles. The van der Waals surface area contributed by atoms with E-state index in [9.17, 15) is 20.2 Å². The molecule has 14 heteroatoms. The van der Waals surface area contributed by atoms with Gasteiger partial charge in [-0.1, -0.05) is 44.0 Å². The first kappa shape index (κ1) is 32.7. The quantitative estimate of drug-likeness (QED) is 0.147. The van der Waals surface area contributed by atoms with E-state index in [4.69, 9.17) is 23.2 Å². The van der Waals surface area contributed by atoms with Crippen LogP contribution in [0.5, 0.6) is 0 Å². The van der Waals surface area contributed by atoms with Crippen LogP contribution in [0.4, 0.5) is 40.3 Å². The third-order valence-electron chi connectivity index (χ3n) is 8.96. The van der Waals surface area contributed by atoms with Crippen LogP contribution < -0.4 is 9.80 Å². The summed E-state index contributed by atoms with van der Waals surface area (Å²) in [6, 6.07) is 3.41. The zero-order chi connectivity index (χ0) is 33.0. The molecule has 0 spiro atoms. The minimum Gasteiger partial charge on any atom is -0.367 e. The minimum atomic E-state index is -1.08. The SMILES string of the molecule is CC(C)(C)C1CCN(c2c(F)cc(N3[C@@H](c4cc([N+](=O)[O-])c(Cl)cc4F)CC[C@@H]3c3cc([N+](=O)[O-])c(Cl)cc3F)cc2F)CC1. The first-order valence-electron chi connectivity index (χ1n) is 14.4. The van der Waals surface area contributed by atoms with Crippen molar-refractivity contribution in [2.24, 2.45) is 11.3 Å². The Balaban J connectivity index is 1.62. The van der Waals surface area contributed by atoms with Crippen LogP contribution in [0, 0.1) is 54.8 Å². The smallest absolute Gasteiger partial charge is 0.288 e. The van der Waals surface area contributed by atoms with Crippen LogP contribution in [-0.2, 0) is 0 Å². The summed E-state index contributed by atoms with van der Waals surface area (Å²) in [6.07, 6.45) is 1.59. The molecule has 0 radical (unpaired) electrons. The van der Waals surface area contributed by atoms with Crippen molar-refractivity contribution in [3.63, 3.8) is 0 Å². The fourth-order valence-corrected chi connectivity index (χ4v) is 7.09. The predicted molar refractivity (Wildman–Crippen MR) is 164 cm³/mol. The van der Waals surface area contributed by atoms with Crippen molar-refractivity contribution in [1.29, 1.82) is 0 Å². The molecule has 8 nitrogen and oxygen atoms in total. The molecule has 0 unspecified atom stereocenters. The highest BCUT2D eigenvalue weighted by Crippen LogP contribution is 2.51. The van der Waals surface area contributed by atoms with Crippen molar-refractivity contribution in [1.82, 2.24) is 0 Å². The molecule has 2 aliphatic heterocycles. The van der Waals surface area contributed by atoms with Crippen molar-refractivity contribution in [3.05, 3.63) is 101 Å². The Bertz CT molecular complexity index is 1580. The molecule has 45 heavy (non-hydrogen) atoms. The highest BCUT2D eigenvalue weighted by molar-refractivity contribution is 6.33. The minimum absolute atomic E-state index is 0.0465. The van der Waals surface area contributed by atoms with Crippen LogP contribution in [0.2, 0.25) is 10.0 Å². The van der Waals surface area contributed by atoms with Gasteiger partial charge in [-0.25, -0.2) is 17.6 Å². The van der Waals surface area contributed by atoms with Gasteiger partial charge in [-0.2, -0.15) is 0 Å². The lowest BCUT2D eigenvalue weighted by Crippen LogP contribution is -2.39. The summed E-state index contributed by atoms with van der Waals surface area (Å²) in [5.41, 5.74) is -1.85. The maximum Gasteiger partial charge on any atom is 0.288 e. The molecule has 0 N–H and O–H groups in total. The lowest BCUT2D eigenvalue weighted by atomic mass is 9.75. The van der Waals surface area contributed by atoms with Gasteiger partial charge in [-0.15, -0.1) is 0 Å². The Labute approximate surface area is 266 Å². The van der Waals surface area contributed by atoms with E-state index in [1.54, 1.807) is 4.90 Å². The summed E-state index contributed by atoms with van der Waals surface area (Å²) < 4.78 is 62.5. The van der Waals surface area contributed by atoms with Gasteiger partial charge in [-0.3, -0.25) is 20.2 Å². The lowest BCUT2D eigenvalue weighted by Gasteiger charge is -2.40. The molecule has 2 saturated heterocycles. The molecule has 240 valence electrons. The van der Waals surface area contributed by atoms with Crippen molar-refractivity contribution in [3.8, 4) is 0 Å². The molecule has 2 heterocycles. The van der Waals surface area contributed by atoms with E-state index in [2.05, 4.69) is 20.8 Å². The van der Waals surface area contributed by atoms with E-state index in [0.717, 1.165) is 49.2 Å². The van der Waals surface area contributed by atoms with Gasteiger partial charge in [0.25, 0.3) is 11.4 Å². The van der Waals surface area contributed by atoms with Crippen molar-refractivity contribution < 1.29 is 27.4 Å². The molecule has 5 rings (SSSR count). The van der Waals surface area contributed by atoms with Crippen LogP contribution in [0.25, 0.3) is 0 Å². The summed E-state index contributed by atoms with van der Waals surface area (Å²) in [7, 11) is 0. The van der Waals surface area contributed by atoms with E-state index in [1.807, 2.05) is 0 Å². The lowest BCUT2D eigenvalue weighted by molar-refractivity contribution is -0.384. The summed E-state index contributed by atoms with van der Waals surface area (Å²) >= 11 is 11.8. The monoisotopic (exact) mass is 668 g/mol. The largest absolute Gasteiger partial charge is 0.367 e. The maximum absolute atomic E-state index is 15.9. The average Bonchev–Trinajstić information content (AvgIpc) is 3.36. The number of anilines is 2. The van der Waals surface area contributed by atoms with E-state index >= 15 is 17.6 Å². The zero-order valence-electron chi connectivity index (χ0n) is 24.6. The first-order valence-corrected chi connectivity index (χ1v) is 15.1. The van der Waals surface area contributed by atoms with Gasteiger partial charge >= 0.3 is 0 Å².